The Morgan fingerprint density at radius 3 is 2.74 bits per heavy atom. The predicted molar refractivity (Wildman–Crippen MR) is 89.3 cm³/mol. The minimum Gasteiger partial charge on any atom is -0.388 e. The summed E-state index contributed by atoms with van der Waals surface area (Å²) in [7, 11) is 0. The van der Waals surface area contributed by atoms with Crippen molar-refractivity contribution in [3.63, 3.8) is 0 Å². The summed E-state index contributed by atoms with van der Waals surface area (Å²) in [6.07, 6.45) is 3.41. The van der Waals surface area contributed by atoms with E-state index in [1.165, 1.54) is 5.56 Å². The van der Waals surface area contributed by atoms with Crippen molar-refractivity contribution in [2.75, 3.05) is 0 Å². The molecule has 5 nitrogen and oxygen atoms in total. The number of nitrogens with zero attached hydrogens (tertiary/aromatic N) is 2. The number of amidine groups is 1. The smallest absolute Gasteiger partial charge is 0.273 e. The molecule has 120 valence electrons. The molecule has 0 saturated heterocycles. The summed E-state index contributed by atoms with van der Waals surface area (Å²) in [6, 6.07) is 14.0. The topological polar surface area (TPSA) is 55.6 Å². The Hall–Kier alpha value is -2.56. The lowest BCUT2D eigenvalue weighted by Crippen LogP contribution is -2.33. The normalized spacial score (nSPS) is 15.8. The molecule has 1 aromatic heterocycles. The summed E-state index contributed by atoms with van der Waals surface area (Å²) < 4.78 is 1.96. The third kappa shape index (κ3) is 3.80. The molecule has 0 spiro atoms. The van der Waals surface area contributed by atoms with Gasteiger partial charge in [0.15, 0.2) is 5.84 Å². The van der Waals surface area contributed by atoms with E-state index in [9.17, 15) is 4.79 Å². The van der Waals surface area contributed by atoms with E-state index in [1.54, 1.807) is 0 Å². The fourth-order valence-electron chi connectivity index (χ4n) is 2.62. The minimum absolute atomic E-state index is 0.150. The van der Waals surface area contributed by atoms with E-state index in [4.69, 9.17) is 4.84 Å². The Bertz CT molecular complexity index is 717. The van der Waals surface area contributed by atoms with Gasteiger partial charge in [-0.05, 0) is 38.0 Å². The van der Waals surface area contributed by atoms with Crippen molar-refractivity contribution < 1.29 is 9.63 Å². The number of rotatable bonds is 4. The monoisotopic (exact) mass is 311 g/mol. The number of nitrogens with one attached hydrogen (secondary N) is 1. The predicted octanol–water partition coefficient (Wildman–Crippen LogP) is 2.97. The fraction of sp³-hybridized carbons (Fsp3) is 0.333. The van der Waals surface area contributed by atoms with Crippen LogP contribution in [0.3, 0.4) is 0 Å². The molecule has 2 heterocycles. The van der Waals surface area contributed by atoms with E-state index in [0.29, 0.717) is 18.0 Å². The third-order valence-corrected chi connectivity index (χ3v) is 3.80. The second-order valence-corrected chi connectivity index (χ2v) is 6.34. The number of aromatic nitrogens is 1. The Morgan fingerprint density at radius 2 is 2.04 bits per heavy atom. The number of benzene rings is 1. The van der Waals surface area contributed by atoms with Gasteiger partial charge < -0.3 is 14.7 Å². The van der Waals surface area contributed by atoms with E-state index in [1.807, 2.05) is 54.9 Å². The second kappa shape index (κ2) is 6.28. The zero-order chi connectivity index (χ0) is 16.3. The molecule has 2 aromatic rings. The number of carbonyl (C=O) groups is 1. The number of amides is 1. The van der Waals surface area contributed by atoms with Gasteiger partial charge in [0.05, 0.1) is 6.42 Å². The summed E-state index contributed by atoms with van der Waals surface area (Å²) in [4.78, 5) is 17.7. The number of aryl methyl sites for hydroxylation is 2. The summed E-state index contributed by atoms with van der Waals surface area (Å²) >= 11 is 0. The van der Waals surface area contributed by atoms with Crippen LogP contribution in [0.1, 0.15) is 36.3 Å². The van der Waals surface area contributed by atoms with Gasteiger partial charge in [-0.1, -0.05) is 35.5 Å². The van der Waals surface area contributed by atoms with Crippen molar-refractivity contribution in [3.8, 4) is 0 Å². The first-order valence-corrected chi connectivity index (χ1v) is 7.79. The molecule has 0 bridgehead atoms. The molecule has 1 aliphatic heterocycles. The number of hydrogen-bond acceptors (Lipinski definition) is 3. The molecule has 5 heteroatoms. The van der Waals surface area contributed by atoms with Crippen LogP contribution in [0.4, 0.5) is 0 Å². The molecular formula is C18H21N3O2. The zero-order valence-corrected chi connectivity index (χ0v) is 13.5. The van der Waals surface area contributed by atoms with Crippen LogP contribution >= 0.6 is 0 Å². The number of oxime groups is 1. The highest BCUT2D eigenvalue weighted by molar-refractivity contribution is 6.06. The first-order chi connectivity index (χ1) is 11.0. The average molecular weight is 311 g/mol. The van der Waals surface area contributed by atoms with Crippen LogP contribution < -0.4 is 5.32 Å². The lowest BCUT2D eigenvalue weighted by atomic mass is 10.1. The SMILES string of the molecule is CC1(C)CC(NC(=O)c2cccn2CCc2ccccc2)=NO1. The molecule has 0 unspecified atom stereocenters. The van der Waals surface area contributed by atoms with Gasteiger partial charge in [-0.15, -0.1) is 0 Å². The van der Waals surface area contributed by atoms with Gasteiger partial charge in [-0.3, -0.25) is 4.79 Å². The summed E-state index contributed by atoms with van der Waals surface area (Å²) in [6.45, 7) is 4.64. The largest absolute Gasteiger partial charge is 0.388 e. The van der Waals surface area contributed by atoms with Crippen LogP contribution in [0.25, 0.3) is 0 Å². The van der Waals surface area contributed by atoms with Crippen LogP contribution in [0.15, 0.2) is 53.8 Å². The van der Waals surface area contributed by atoms with Crippen LogP contribution in [-0.2, 0) is 17.8 Å². The van der Waals surface area contributed by atoms with Gasteiger partial charge >= 0.3 is 0 Å². The van der Waals surface area contributed by atoms with Crippen molar-refractivity contribution in [1.29, 1.82) is 0 Å². The molecule has 23 heavy (non-hydrogen) atoms. The van der Waals surface area contributed by atoms with Gasteiger partial charge in [0, 0.05) is 12.7 Å². The molecule has 1 aliphatic rings. The van der Waals surface area contributed by atoms with Gasteiger partial charge in [-0.2, -0.15) is 0 Å². The standard InChI is InChI=1S/C18H21N3O2/c1-18(2)13-16(20-23-18)19-17(22)15-9-6-11-21(15)12-10-14-7-4-3-5-8-14/h3-9,11H,10,12-13H2,1-2H3,(H,19,20,22). The molecule has 1 N–H and O–H groups in total. The van der Waals surface area contributed by atoms with Crippen molar-refractivity contribution in [1.82, 2.24) is 9.88 Å². The van der Waals surface area contributed by atoms with Gasteiger partial charge in [0.2, 0.25) is 0 Å². The van der Waals surface area contributed by atoms with Crippen molar-refractivity contribution in [3.05, 3.63) is 59.9 Å². The quantitative estimate of drug-likeness (QED) is 0.944. The lowest BCUT2D eigenvalue weighted by molar-refractivity contribution is 0.0123. The second-order valence-electron chi connectivity index (χ2n) is 6.34. The van der Waals surface area contributed by atoms with Gasteiger partial charge in [-0.25, -0.2) is 0 Å². The molecular weight excluding hydrogens is 290 g/mol. The fourth-order valence-corrected chi connectivity index (χ4v) is 2.62. The van der Waals surface area contributed by atoms with Crippen LogP contribution in [0.5, 0.6) is 0 Å². The van der Waals surface area contributed by atoms with E-state index in [-0.39, 0.29) is 11.5 Å². The van der Waals surface area contributed by atoms with Gasteiger partial charge in [0.1, 0.15) is 11.3 Å². The molecule has 1 amide bonds. The van der Waals surface area contributed by atoms with Crippen molar-refractivity contribution in [2.45, 2.75) is 38.8 Å². The maximum Gasteiger partial charge on any atom is 0.273 e. The Kier molecular flexibility index (Phi) is 4.19. The molecule has 0 atom stereocenters. The number of hydrogen-bond donors (Lipinski definition) is 1. The average Bonchev–Trinajstić information content (AvgIpc) is 3.12. The van der Waals surface area contributed by atoms with Crippen LogP contribution in [0.2, 0.25) is 0 Å². The van der Waals surface area contributed by atoms with E-state index in [2.05, 4.69) is 22.6 Å². The summed E-state index contributed by atoms with van der Waals surface area (Å²) in [5.41, 5.74) is 1.54. The van der Waals surface area contributed by atoms with Gasteiger partial charge in [0.25, 0.3) is 5.91 Å². The van der Waals surface area contributed by atoms with Crippen molar-refractivity contribution >= 4 is 11.7 Å². The third-order valence-electron chi connectivity index (χ3n) is 3.80. The Balaban J connectivity index is 1.63. The van der Waals surface area contributed by atoms with E-state index >= 15 is 0 Å². The number of carbonyl (C=O) groups excluding carboxylic acids is 1. The van der Waals surface area contributed by atoms with E-state index in [0.717, 1.165) is 13.0 Å². The highest BCUT2D eigenvalue weighted by Crippen LogP contribution is 2.21. The van der Waals surface area contributed by atoms with Crippen molar-refractivity contribution in [2.24, 2.45) is 5.16 Å². The Morgan fingerprint density at radius 1 is 1.26 bits per heavy atom. The minimum atomic E-state index is -0.349. The van der Waals surface area contributed by atoms with Crippen LogP contribution in [0, 0.1) is 0 Å². The molecule has 0 radical (unpaired) electrons. The highest BCUT2D eigenvalue weighted by atomic mass is 16.7. The Labute approximate surface area is 135 Å². The molecule has 3 rings (SSSR count). The summed E-state index contributed by atoms with van der Waals surface area (Å²) in [5.74, 6) is 0.430. The van der Waals surface area contributed by atoms with E-state index < -0.39 is 0 Å². The highest BCUT2D eigenvalue weighted by Gasteiger charge is 2.30. The first kappa shape index (κ1) is 15.3. The molecule has 0 saturated carbocycles. The summed E-state index contributed by atoms with van der Waals surface area (Å²) in [5, 5.41) is 6.78. The molecule has 0 aliphatic carbocycles. The molecule has 0 fully saturated rings. The maximum atomic E-state index is 12.4. The maximum absolute atomic E-state index is 12.4. The zero-order valence-electron chi connectivity index (χ0n) is 13.5. The van der Waals surface area contributed by atoms with Crippen LogP contribution in [-0.4, -0.2) is 21.9 Å². The molecule has 1 aromatic carbocycles. The first-order valence-electron chi connectivity index (χ1n) is 7.79. The lowest BCUT2D eigenvalue weighted by Gasteiger charge is -2.13.